The van der Waals surface area contributed by atoms with Crippen molar-refractivity contribution in [2.45, 2.75) is 64.2 Å². The van der Waals surface area contributed by atoms with Crippen molar-refractivity contribution in [1.29, 1.82) is 0 Å². The molecule has 1 N–H and O–H groups in total. The molecule has 3 atom stereocenters. The molecule has 3 fully saturated rings. The summed E-state index contributed by atoms with van der Waals surface area (Å²) in [6.07, 6.45) is 6.50. The highest BCUT2D eigenvalue weighted by atomic mass is 16.5. The van der Waals surface area contributed by atoms with E-state index in [1.807, 2.05) is 0 Å². The van der Waals surface area contributed by atoms with Gasteiger partial charge in [-0.05, 0) is 65.0 Å². The van der Waals surface area contributed by atoms with Crippen LogP contribution in [0.4, 0.5) is 0 Å². The summed E-state index contributed by atoms with van der Waals surface area (Å²) in [7, 11) is 0. The Morgan fingerprint density at radius 1 is 1.13 bits per heavy atom. The molecule has 3 rings (SSSR count). The van der Waals surface area contributed by atoms with Crippen molar-refractivity contribution in [2.75, 3.05) is 39.3 Å². The predicted octanol–water partition coefficient (Wildman–Crippen LogP) is 1.48. The normalized spacial score (nSPS) is 34.0. The molecule has 0 bridgehead atoms. The zero-order chi connectivity index (χ0) is 16.2. The lowest BCUT2D eigenvalue weighted by Crippen LogP contribution is -2.48. The second-order valence-corrected chi connectivity index (χ2v) is 7.72. The van der Waals surface area contributed by atoms with E-state index in [-0.39, 0.29) is 6.04 Å². The maximum atomic E-state index is 12.4. The second-order valence-electron chi connectivity index (χ2n) is 7.72. The van der Waals surface area contributed by atoms with Gasteiger partial charge in [-0.25, -0.2) is 0 Å². The largest absolute Gasteiger partial charge is 0.373 e. The first-order valence-electron chi connectivity index (χ1n) is 9.52. The number of amides is 1. The minimum Gasteiger partial charge on any atom is -0.373 e. The molecule has 23 heavy (non-hydrogen) atoms. The number of morpholine rings is 1. The average molecular weight is 323 g/mol. The van der Waals surface area contributed by atoms with Gasteiger partial charge in [0.2, 0.25) is 5.91 Å². The van der Waals surface area contributed by atoms with Crippen LogP contribution >= 0.6 is 0 Å². The summed E-state index contributed by atoms with van der Waals surface area (Å²) in [6, 6.07) is 0.0999. The fourth-order valence-corrected chi connectivity index (χ4v) is 4.39. The maximum absolute atomic E-state index is 12.4. The molecule has 0 saturated carbocycles. The maximum Gasteiger partial charge on any atom is 0.239 e. The molecule has 0 radical (unpaired) electrons. The molecule has 5 heteroatoms. The van der Waals surface area contributed by atoms with Gasteiger partial charge in [-0.3, -0.25) is 9.69 Å². The highest BCUT2D eigenvalue weighted by Gasteiger charge is 2.30. The predicted molar refractivity (Wildman–Crippen MR) is 91.4 cm³/mol. The smallest absolute Gasteiger partial charge is 0.239 e. The van der Waals surface area contributed by atoms with Crippen LogP contribution in [0.5, 0.6) is 0 Å². The third-order valence-electron chi connectivity index (χ3n) is 5.63. The molecule has 3 heterocycles. The first-order chi connectivity index (χ1) is 11.1. The SMILES string of the molecule is CC1CN(CCC2CCN(C(=O)C3CCCN3)CC2)CC(C)O1. The number of piperidine rings is 1. The number of ether oxygens (including phenoxy) is 1. The van der Waals surface area contributed by atoms with Gasteiger partial charge in [-0.1, -0.05) is 0 Å². The molecule has 3 saturated heterocycles. The first-order valence-corrected chi connectivity index (χ1v) is 9.52. The van der Waals surface area contributed by atoms with Crippen LogP contribution in [0.1, 0.15) is 46.0 Å². The minimum absolute atomic E-state index is 0.0999. The highest BCUT2D eigenvalue weighted by molar-refractivity contribution is 5.82. The second kappa shape index (κ2) is 7.95. The highest BCUT2D eigenvalue weighted by Crippen LogP contribution is 2.23. The Labute approximate surface area is 140 Å². The van der Waals surface area contributed by atoms with Gasteiger partial charge in [-0.2, -0.15) is 0 Å². The van der Waals surface area contributed by atoms with Crippen molar-refractivity contribution in [2.24, 2.45) is 5.92 Å². The number of nitrogens with zero attached hydrogens (tertiary/aromatic N) is 2. The lowest BCUT2D eigenvalue weighted by atomic mass is 9.92. The van der Waals surface area contributed by atoms with Crippen molar-refractivity contribution in [1.82, 2.24) is 15.1 Å². The van der Waals surface area contributed by atoms with Crippen molar-refractivity contribution in [3.05, 3.63) is 0 Å². The number of carbonyl (C=O) groups excluding carboxylic acids is 1. The number of nitrogens with one attached hydrogen (secondary N) is 1. The van der Waals surface area contributed by atoms with E-state index in [0.29, 0.717) is 18.1 Å². The van der Waals surface area contributed by atoms with E-state index in [1.165, 1.54) is 25.8 Å². The van der Waals surface area contributed by atoms with Crippen LogP contribution in [0.15, 0.2) is 0 Å². The standard InChI is InChI=1S/C18H33N3O2/c1-14-12-20(13-15(2)23-14)9-5-16-6-10-21(11-7-16)18(22)17-4-3-8-19-17/h14-17,19H,3-13H2,1-2H3. The van der Waals surface area contributed by atoms with Gasteiger partial charge in [0.05, 0.1) is 18.2 Å². The van der Waals surface area contributed by atoms with Gasteiger partial charge in [-0.15, -0.1) is 0 Å². The van der Waals surface area contributed by atoms with E-state index in [9.17, 15) is 4.79 Å². The monoisotopic (exact) mass is 323 g/mol. The van der Waals surface area contributed by atoms with Gasteiger partial charge in [0, 0.05) is 26.2 Å². The zero-order valence-corrected chi connectivity index (χ0v) is 14.8. The Kier molecular flexibility index (Phi) is 5.94. The molecule has 0 aromatic carbocycles. The van der Waals surface area contributed by atoms with E-state index in [4.69, 9.17) is 4.74 Å². The van der Waals surface area contributed by atoms with Crippen molar-refractivity contribution in [3.8, 4) is 0 Å². The number of carbonyl (C=O) groups is 1. The number of hydrogen-bond acceptors (Lipinski definition) is 4. The molecular weight excluding hydrogens is 290 g/mol. The lowest BCUT2D eigenvalue weighted by molar-refractivity contribution is -0.134. The van der Waals surface area contributed by atoms with Crippen molar-refractivity contribution in [3.63, 3.8) is 0 Å². The fraction of sp³-hybridized carbons (Fsp3) is 0.944. The van der Waals surface area contributed by atoms with E-state index in [1.54, 1.807) is 0 Å². The fourth-order valence-electron chi connectivity index (χ4n) is 4.39. The lowest BCUT2D eigenvalue weighted by Gasteiger charge is -2.37. The molecule has 0 aromatic rings. The Balaban J connectivity index is 1.36. The van der Waals surface area contributed by atoms with E-state index in [2.05, 4.69) is 29.0 Å². The summed E-state index contributed by atoms with van der Waals surface area (Å²) >= 11 is 0. The van der Waals surface area contributed by atoms with Crippen LogP contribution in [-0.4, -0.2) is 73.2 Å². The molecule has 0 spiro atoms. The molecular formula is C18H33N3O2. The first kappa shape index (κ1) is 17.2. The molecule has 3 aliphatic heterocycles. The Morgan fingerprint density at radius 2 is 1.83 bits per heavy atom. The zero-order valence-electron chi connectivity index (χ0n) is 14.8. The average Bonchev–Trinajstić information content (AvgIpc) is 3.06. The van der Waals surface area contributed by atoms with E-state index in [0.717, 1.165) is 51.5 Å². The summed E-state index contributed by atoms with van der Waals surface area (Å²) in [6.45, 7) is 10.6. The quantitative estimate of drug-likeness (QED) is 0.851. The molecule has 0 aromatic heterocycles. The summed E-state index contributed by atoms with van der Waals surface area (Å²) in [4.78, 5) is 17.1. The molecule has 5 nitrogen and oxygen atoms in total. The Hall–Kier alpha value is -0.650. The summed E-state index contributed by atoms with van der Waals surface area (Å²) < 4.78 is 5.81. The summed E-state index contributed by atoms with van der Waals surface area (Å²) in [5.41, 5.74) is 0. The van der Waals surface area contributed by atoms with Crippen LogP contribution < -0.4 is 5.32 Å². The third-order valence-corrected chi connectivity index (χ3v) is 5.63. The molecule has 3 aliphatic rings. The molecule has 0 aliphatic carbocycles. The van der Waals surface area contributed by atoms with Crippen LogP contribution in [0.3, 0.4) is 0 Å². The van der Waals surface area contributed by atoms with Crippen LogP contribution in [0.2, 0.25) is 0 Å². The Bertz CT molecular complexity index is 380. The topological polar surface area (TPSA) is 44.8 Å². The van der Waals surface area contributed by atoms with Crippen LogP contribution in [0, 0.1) is 5.92 Å². The Morgan fingerprint density at radius 3 is 2.43 bits per heavy atom. The molecule has 1 amide bonds. The minimum atomic E-state index is 0.0999. The summed E-state index contributed by atoms with van der Waals surface area (Å²) in [5, 5.41) is 3.33. The van der Waals surface area contributed by atoms with E-state index < -0.39 is 0 Å². The van der Waals surface area contributed by atoms with Gasteiger partial charge >= 0.3 is 0 Å². The van der Waals surface area contributed by atoms with Gasteiger partial charge < -0.3 is 15.0 Å². The van der Waals surface area contributed by atoms with E-state index >= 15 is 0 Å². The number of hydrogen-bond donors (Lipinski definition) is 1. The van der Waals surface area contributed by atoms with Gasteiger partial charge in [0.25, 0.3) is 0 Å². The van der Waals surface area contributed by atoms with Crippen molar-refractivity contribution < 1.29 is 9.53 Å². The molecule has 3 unspecified atom stereocenters. The van der Waals surface area contributed by atoms with Crippen LogP contribution in [-0.2, 0) is 9.53 Å². The van der Waals surface area contributed by atoms with Crippen molar-refractivity contribution >= 4 is 5.91 Å². The summed E-state index contributed by atoms with van der Waals surface area (Å²) in [5.74, 6) is 1.13. The number of likely N-dealkylation sites (tertiary alicyclic amines) is 1. The van der Waals surface area contributed by atoms with Gasteiger partial charge in [0.1, 0.15) is 0 Å². The molecule has 132 valence electrons. The number of rotatable bonds is 4. The third kappa shape index (κ3) is 4.68. The van der Waals surface area contributed by atoms with Crippen LogP contribution in [0.25, 0.3) is 0 Å². The van der Waals surface area contributed by atoms with Gasteiger partial charge in [0.15, 0.2) is 0 Å².